The Kier molecular flexibility index (Phi) is 13.1. The third kappa shape index (κ3) is 10.2. The van der Waals surface area contributed by atoms with Crippen LogP contribution in [0.5, 0.6) is 0 Å². The van der Waals surface area contributed by atoms with E-state index in [0.29, 0.717) is 37.7 Å². The number of nitrogens with zero attached hydrogens (tertiary/aromatic N) is 1. The standard InChI is InChI=1S/C24H33NO10/c1-18(2)35-22(27)16-32-14-15-34-17-33-10-5-9-30-12-13-31-11-8-21(26)25-23(28)19-6-3-4-7-20(19)24(25)29/h3-4,6-7,18H,5,8-17H2,1-2H3. The van der Waals surface area contributed by atoms with Gasteiger partial charge in [-0.3, -0.25) is 14.4 Å². The maximum absolute atomic E-state index is 12.3. The third-order valence-corrected chi connectivity index (χ3v) is 4.58. The fourth-order valence-electron chi connectivity index (χ4n) is 3.02. The lowest BCUT2D eigenvalue weighted by molar-refractivity contribution is -0.153. The molecule has 0 aliphatic carbocycles. The number of fused-ring (bicyclic) bond motifs is 1. The monoisotopic (exact) mass is 495 g/mol. The van der Waals surface area contributed by atoms with Crippen LogP contribution in [-0.2, 0) is 38.0 Å². The van der Waals surface area contributed by atoms with Gasteiger partial charge in [0.2, 0.25) is 5.91 Å². The molecule has 0 N–H and O–H groups in total. The van der Waals surface area contributed by atoms with E-state index in [1.54, 1.807) is 26.0 Å². The normalized spacial score (nSPS) is 12.9. The van der Waals surface area contributed by atoms with Gasteiger partial charge in [0.25, 0.3) is 11.8 Å². The number of hydrogen-bond acceptors (Lipinski definition) is 10. The van der Waals surface area contributed by atoms with Gasteiger partial charge in [0.15, 0.2) is 0 Å². The first-order valence-corrected chi connectivity index (χ1v) is 11.5. The van der Waals surface area contributed by atoms with E-state index in [1.165, 1.54) is 12.1 Å². The van der Waals surface area contributed by atoms with E-state index in [2.05, 4.69) is 0 Å². The molecule has 3 amide bonds. The average Bonchev–Trinajstić information content (AvgIpc) is 3.08. The number of imide groups is 3. The van der Waals surface area contributed by atoms with Crippen molar-refractivity contribution in [1.82, 2.24) is 4.90 Å². The van der Waals surface area contributed by atoms with Crippen molar-refractivity contribution in [2.24, 2.45) is 0 Å². The van der Waals surface area contributed by atoms with Crippen molar-refractivity contribution >= 4 is 23.7 Å². The quantitative estimate of drug-likeness (QED) is 0.128. The molecule has 0 bridgehead atoms. The molecule has 194 valence electrons. The Balaban J connectivity index is 1.36. The van der Waals surface area contributed by atoms with Gasteiger partial charge in [-0.05, 0) is 32.4 Å². The maximum Gasteiger partial charge on any atom is 0.332 e. The van der Waals surface area contributed by atoms with Gasteiger partial charge in [0.05, 0.1) is 63.3 Å². The molecule has 11 heteroatoms. The lowest BCUT2D eigenvalue weighted by Crippen LogP contribution is -2.36. The van der Waals surface area contributed by atoms with Crippen LogP contribution in [0, 0.1) is 0 Å². The summed E-state index contributed by atoms with van der Waals surface area (Å²) in [5.74, 6) is -2.18. The van der Waals surface area contributed by atoms with Gasteiger partial charge < -0.3 is 28.4 Å². The number of carbonyl (C=O) groups excluding carboxylic acids is 4. The Morgan fingerprint density at radius 1 is 0.771 bits per heavy atom. The summed E-state index contributed by atoms with van der Waals surface area (Å²) in [6.07, 6.45) is 0.425. The summed E-state index contributed by atoms with van der Waals surface area (Å²) in [6.45, 7) is 5.75. The SMILES string of the molecule is CC(C)OC(=O)COCCOCOCCCOCCOCCC(=O)N1C(=O)c2ccccc2C1=O. The molecule has 1 aromatic rings. The molecule has 0 atom stereocenters. The molecule has 1 aromatic carbocycles. The minimum Gasteiger partial charge on any atom is -0.461 e. The molecule has 0 spiro atoms. The minimum atomic E-state index is -0.594. The number of hydrogen-bond donors (Lipinski definition) is 0. The summed E-state index contributed by atoms with van der Waals surface area (Å²) in [4.78, 5) is 48.7. The van der Waals surface area contributed by atoms with Crippen LogP contribution >= 0.6 is 0 Å². The van der Waals surface area contributed by atoms with Crippen molar-refractivity contribution in [2.75, 3.05) is 59.6 Å². The smallest absolute Gasteiger partial charge is 0.332 e. The second kappa shape index (κ2) is 16.1. The van der Waals surface area contributed by atoms with E-state index < -0.39 is 23.7 Å². The first kappa shape index (κ1) is 28.5. The lowest BCUT2D eigenvalue weighted by Gasteiger charge is -2.12. The van der Waals surface area contributed by atoms with Crippen molar-refractivity contribution in [3.63, 3.8) is 0 Å². The summed E-state index contributed by atoms with van der Waals surface area (Å²) in [6, 6.07) is 6.35. The highest BCUT2D eigenvalue weighted by atomic mass is 16.7. The summed E-state index contributed by atoms with van der Waals surface area (Å²) in [5.41, 5.74) is 0.482. The topological polar surface area (TPSA) is 127 Å². The first-order valence-electron chi connectivity index (χ1n) is 11.5. The number of esters is 1. The van der Waals surface area contributed by atoms with Crippen LogP contribution in [0.1, 0.15) is 47.4 Å². The van der Waals surface area contributed by atoms with Crippen LogP contribution in [0.4, 0.5) is 0 Å². The zero-order valence-electron chi connectivity index (χ0n) is 20.2. The lowest BCUT2D eigenvalue weighted by atomic mass is 10.1. The summed E-state index contributed by atoms with van der Waals surface area (Å²) in [7, 11) is 0. The van der Waals surface area contributed by atoms with Crippen LogP contribution in [0.2, 0.25) is 0 Å². The van der Waals surface area contributed by atoms with Crippen molar-refractivity contribution < 1.29 is 47.6 Å². The Labute approximate surface area is 204 Å². The van der Waals surface area contributed by atoms with Gasteiger partial charge in [-0.25, -0.2) is 9.69 Å². The Hall–Kier alpha value is -2.70. The Morgan fingerprint density at radius 3 is 1.97 bits per heavy atom. The van der Waals surface area contributed by atoms with Gasteiger partial charge in [-0.15, -0.1) is 0 Å². The van der Waals surface area contributed by atoms with Gasteiger partial charge >= 0.3 is 5.97 Å². The van der Waals surface area contributed by atoms with E-state index >= 15 is 0 Å². The maximum atomic E-state index is 12.3. The predicted octanol–water partition coefficient (Wildman–Crippen LogP) is 1.58. The average molecular weight is 496 g/mol. The molecule has 1 aliphatic rings. The molecule has 0 unspecified atom stereocenters. The molecule has 2 rings (SSSR count). The van der Waals surface area contributed by atoms with E-state index in [1.807, 2.05) is 0 Å². The minimum absolute atomic E-state index is 0.0770. The molecule has 0 aromatic heterocycles. The number of benzene rings is 1. The summed E-state index contributed by atoms with van der Waals surface area (Å²) in [5, 5.41) is 0. The fourth-order valence-corrected chi connectivity index (χ4v) is 3.02. The fraction of sp³-hybridized carbons (Fsp3) is 0.583. The van der Waals surface area contributed by atoms with Crippen LogP contribution in [-0.4, -0.2) is 94.3 Å². The largest absolute Gasteiger partial charge is 0.461 e. The van der Waals surface area contributed by atoms with Crippen molar-refractivity contribution in [1.29, 1.82) is 0 Å². The molecule has 0 saturated carbocycles. The summed E-state index contributed by atoms with van der Waals surface area (Å²) >= 11 is 0. The van der Waals surface area contributed by atoms with E-state index in [4.69, 9.17) is 28.4 Å². The first-order chi connectivity index (χ1) is 16.9. The number of carbonyl (C=O) groups is 4. The van der Waals surface area contributed by atoms with Crippen LogP contribution in [0.15, 0.2) is 24.3 Å². The number of rotatable bonds is 18. The van der Waals surface area contributed by atoms with E-state index in [9.17, 15) is 19.2 Å². The van der Waals surface area contributed by atoms with E-state index in [0.717, 1.165) is 0 Å². The van der Waals surface area contributed by atoms with Crippen LogP contribution < -0.4 is 0 Å². The second-order valence-electron chi connectivity index (χ2n) is 7.74. The van der Waals surface area contributed by atoms with Gasteiger partial charge in [-0.2, -0.15) is 0 Å². The molecule has 1 heterocycles. The number of amides is 3. The third-order valence-electron chi connectivity index (χ3n) is 4.58. The van der Waals surface area contributed by atoms with Crippen LogP contribution in [0.25, 0.3) is 0 Å². The Bertz CT molecular complexity index is 806. The van der Waals surface area contributed by atoms with Gasteiger partial charge in [0.1, 0.15) is 13.4 Å². The second-order valence-corrected chi connectivity index (χ2v) is 7.74. The molecule has 0 radical (unpaired) electrons. The molecule has 1 aliphatic heterocycles. The summed E-state index contributed by atoms with van der Waals surface area (Å²) < 4.78 is 31.3. The van der Waals surface area contributed by atoms with Crippen molar-refractivity contribution in [2.45, 2.75) is 32.8 Å². The molecule has 0 fully saturated rings. The molecule has 35 heavy (non-hydrogen) atoms. The number of ether oxygens (including phenoxy) is 6. The van der Waals surface area contributed by atoms with Gasteiger partial charge in [0, 0.05) is 6.61 Å². The van der Waals surface area contributed by atoms with E-state index in [-0.39, 0.29) is 56.9 Å². The highest BCUT2D eigenvalue weighted by Gasteiger charge is 2.39. The molecule has 0 saturated heterocycles. The highest BCUT2D eigenvalue weighted by molar-refractivity contribution is 6.28. The molecular formula is C24H33NO10. The Morgan fingerprint density at radius 2 is 1.31 bits per heavy atom. The molecular weight excluding hydrogens is 462 g/mol. The zero-order chi connectivity index (χ0) is 25.5. The predicted molar refractivity (Wildman–Crippen MR) is 122 cm³/mol. The van der Waals surface area contributed by atoms with Gasteiger partial charge in [-0.1, -0.05) is 12.1 Å². The highest BCUT2D eigenvalue weighted by Crippen LogP contribution is 2.22. The zero-order valence-corrected chi connectivity index (χ0v) is 20.2. The van der Waals surface area contributed by atoms with Crippen LogP contribution in [0.3, 0.4) is 0 Å². The molecule has 11 nitrogen and oxygen atoms in total. The van der Waals surface area contributed by atoms with Crippen molar-refractivity contribution in [3.05, 3.63) is 35.4 Å². The van der Waals surface area contributed by atoms with Crippen molar-refractivity contribution in [3.8, 4) is 0 Å².